The molecule has 0 aliphatic carbocycles. The van der Waals surface area contributed by atoms with Gasteiger partial charge in [-0.15, -0.1) is 11.3 Å². The number of anilines is 2. The van der Waals surface area contributed by atoms with Gasteiger partial charge in [-0.2, -0.15) is 18.4 Å². The van der Waals surface area contributed by atoms with Crippen LogP contribution in [0.4, 0.5) is 29.3 Å². The number of carbonyl (C=O) groups is 1. The molecule has 0 aliphatic rings. The van der Waals surface area contributed by atoms with Gasteiger partial charge in [-0.1, -0.05) is 29.8 Å². The van der Waals surface area contributed by atoms with Crippen molar-refractivity contribution in [1.82, 2.24) is 9.97 Å². The Hall–Kier alpha value is -4.46. The van der Waals surface area contributed by atoms with Gasteiger partial charge in [0, 0.05) is 46.0 Å². The van der Waals surface area contributed by atoms with E-state index in [0.29, 0.717) is 27.9 Å². The second kappa shape index (κ2) is 10.1. The monoisotopic (exact) mass is 549 g/mol. The topological polar surface area (TPSA) is 90.7 Å². The lowest BCUT2D eigenvalue weighted by Crippen LogP contribution is -2.20. The summed E-state index contributed by atoms with van der Waals surface area (Å²) in [5, 5.41) is 14.3. The third-order valence-electron chi connectivity index (χ3n) is 5.55. The number of halogens is 4. The van der Waals surface area contributed by atoms with Crippen LogP contribution >= 0.6 is 22.9 Å². The Morgan fingerprint density at radius 2 is 1.74 bits per heavy atom. The van der Waals surface area contributed by atoms with Crippen molar-refractivity contribution in [2.45, 2.75) is 6.18 Å². The lowest BCUT2D eigenvalue weighted by atomic mass is 10.0. The maximum absolute atomic E-state index is 13.1. The summed E-state index contributed by atoms with van der Waals surface area (Å²) in [5.74, 6) is 0. The van der Waals surface area contributed by atoms with E-state index < -0.39 is 22.8 Å². The maximum Gasteiger partial charge on any atom is 0.417 e. The fourth-order valence-corrected chi connectivity index (χ4v) is 5.27. The number of pyridine rings is 2. The highest BCUT2D eigenvalue weighted by Crippen LogP contribution is 2.40. The predicted octanol–water partition coefficient (Wildman–Crippen LogP) is 8.21. The van der Waals surface area contributed by atoms with E-state index >= 15 is 0 Å². The second-order valence-electron chi connectivity index (χ2n) is 8.08. The molecule has 3 aromatic heterocycles. The van der Waals surface area contributed by atoms with Crippen LogP contribution in [0.1, 0.15) is 11.1 Å². The molecule has 0 saturated heterocycles. The number of amides is 2. The number of nitrogens with one attached hydrogen (secondary N) is 2. The van der Waals surface area contributed by atoms with Crippen molar-refractivity contribution in [1.29, 1.82) is 5.26 Å². The molecule has 3 heterocycles. The smallest absolute Gasteiger partial charge is 0.308 e. The van der Waals surface area contributed by atoms with E-state index in [0.717, 1.165) is 27.3 Å². The van der Waals surface area contributed by atoms with Crippen LogP contribution in [0, 0.1) is 11.3 Å². The molecular weight excluding hydrogens is 535 g/mol. The molecule has 0 atom stereocenters. The first-order valence-electron chi connectivity index (χ1n) is 11.0. The minimum Gasteiger partial charge on any atom is -0.308 e. The van der Waals surface area contributed by atoms with Crippen molar-refractivity contribution in [3.63, 3.8) is 0 Å². The number of benzene rings is 2. The summed E-state index contributed by atoms with van der Waals surface area (Å²) in [6.45, 7) is 0. The van der Waals surface area contributed by atoms with Gasteiger partial charge in [-0.05, 0) is 48.0 Å². The fraction of sp³-hybridized carbons (Fsp3) is 0.0370. The highest BCUT2D eigenvalue weighted by Gasteiger charge is 2.33. The van der Waals surface area contributed by atoms with Gasteiger partial charge < -0.3 is 10.6 Å². The van der Waals surface area contributed by atoms with Crippen LogP contribution in [-0.4, -0.2) is 16.0 Å². The van der Waals surface area contributed by atoms with Crippen LogP contribution < -0.4 is 10.6 Å². The minimum absolute atomic E-state index is 0.0699. The van der Waals surface area contributed by atoms with E-state index in [2.05, 4.69) is 26.7 Å². The van der Waals surface area contributed by atoms with Crippen LogP contribution in [0.3, 0.4) is 0 Å². The molecule has 0 bridgehead atoms. The Morgan fingerprint density at radius 1 is 0.974 bits per heavy atom. The Balaban J connectivity index is 1.45. The summed E-state index contributed by atoms with van der Waals surface area (Å²) in [6, 6.07) is 17.1. The van der Waals surface area contributed by atoms with Gasteiger partial charge in [0.25, 0.3) is 0 Å². The molecule has 5 aromatic rings. The van der Waals surface area contributed by atoms with E-state index in [1.165, 1.54) is 23.6 Å². The predicted molar refractivity (Wildman–Crippen MR) is 142 cm³/mol. The van der Waals surface area contributed by atoms with Crippen LogP contribution in [0.2, 0.25) is 5.02 Å². The molecule has 6 nitrogen and oxygen atoms in total. The molecule has 2 amide bonds. The Labute approximate surface area is 223 Å². The average molecular weight is 550 g/mol. The van der Waals surface area contributed by atoms with Gasteiger partial charge in [0.15, 0.2) is 0 Å². The molecule has 5 rings (SSSR count). The van der Waals surface area contributed by atoms with Crippen LogP contribution in [0.15, 0.2) is 79.3 Å². The number of fused-ring (bicyclic) bond motifs is 1. The van der Waals surface area contributed by atoms with Gasteiger partial charge in [-0.25, -0.2) is 4.79 Å². The molecule has 38 heavy (non-hydrogen) atoms. The van der Waals surface area contributed by atoms with E-state index in [1.807, 2.05) is 18.2 Å². The average Bonchev–Trinajstić information content (AvgIpc) is 3.33. The second-order valence-corrected chi connectivity index (χ2v) is 9.54. The number of hydrogen-bond donors (Lipinski definition) is 2. The van der Waals surface area contributed by atoms with Crippen molar-refractivity contribution < 1.29 is 18.0 Å². The van der Waals surface area contributed by atoms with E-state index in [1.54, 1.807) is 36.7 Å². The quantitative estimate of drug-likeness (QED) is 0.236. The van der Waals surface area contributed by atoms with Crippen molar-refractivity contribution in [2.75, 3.05) is 10.6 Å². The van der Waals surface area contributed by atoms with Gasteiger partial charge in [-0.3, -0.25) is 9.97 Å². The summed E-state index contributed by atoms with van der Waals surface area (Å²) in [6.07, 6.45) is 0.276. The first-order valence-corrected chi connectivity index (χ1v) is 12.2. The summed E-state index contributed by atoms with van der Waals surface area (Å²) in [7, 11) is 0. The Bertz CT molecular complexity index is 1710. The number of alkyl halides is 3. The Morgan fingerprint density at radius 3 is 2.45 bits per heavy atom. The third-order valence-corrected chi connectivity index (χ3v) is 7.07. The summed E-state index contributed by atoms with van der Waals surface area (Å²) >= 11 is 7.12. The molecule has 0 aliphatic heterocycles. The van der Waals surface area contributed by atoms with E-state index in [9.17, 15) is 23.2 Å². The SMILES string of the molecule is N#Cc1cnc2cc(-c3cccnc3)sc2c1-c1cccc(NC(=O)Nc2ccc(Cl)c(C(F)(F)F)c2)c1. The number of nitrogens with zero attached hydrogens (tertiary/aromatic N) is 3. The molecule has 0 unspecified atom stereocenters. The number of nitriles is 1. The highest BCUT2D eigenvalue weighted by molar-refractivity contribution is 7.22. The number of urea groups is 1. The Kier molecular flexibility index (Phi) is 6.72. The lowest BCUT2D eigenvalue weighted by Gasteiger charge is -2.13. The van der Waals surface area contributed by atoms with Crippen molar-refractivity contribution in [3.8, 4) is 27.6 Å². The number of thiophene rings is 1. The molecule has 2 aromatic carbocycles. The normalized spacial score (nSPS) is 11.2. The van der Waals surface area contributed by atoms with Gasteiger partial charge in [0.2, 0.25) is 0 Å². The minimum atomic E-state index is -4.66. The molecular formula is C27H15ClF3N5OS. The first kappa shape index (κ1) is 25.2. The highest BCUT2D eigenvalue weighted by atomic mass is 35.5. The van der Waals surface area contributed by atoms with Crippen LogP contribution in [0.25, 0.3) is 31.8 Å². The fourth-order valence-electron chi connectivity index (χ4n) is 3.87. The molecule has 0 saturated carbocycles. The lowest BCUT2D eigenvalue weighted by molar-refractivity contribution is -0.137. The van der Waals surface area contributed by atoms with E-state index in [4.69, 9.17) is 11.6 Å². The number of aromatic nitrogens is 2. The van der Waals surface area contributed by atoms with Gasteiger partial charge in [0.1, 0.15) is 6.07 Å². The van der Waals surface area contributed by atoms with Gasteiger partial charge >= 0.3 is 12.2 Å². The number of rotatable bonds is 4. The number of hydrogen-bond acceptors (Lipinski definition) is 5. The molecule has 188 valence electrons. The van der Waals surface area contributed by atoms with Crippen LogP contribution in [-0.2, 0) is 6.18 Å². The van der Waals surface area contributed by atoms with E-state index in [-0.39, 0.29) is 5.69 Å². The maximum atomic E-state index is 13.1. The molecule has 0 radical (unpaired) electrons. The van der Waals surface area contributed by atoms with Gasteiger partial charge in [0.05, 0.1) is 26.4 Å². The number of carbonyl (C=O) groups excluding carboxylic acids is 1. The van der Waals surface area contributed by atoms with Crippen LogP contribution in [0.5, 0.6) is 0 Å². The zero-order valence-electron chi connectivity index (χ0n) is 19.2. The standard InChI is InChI=1S/C27H15ClF3N5OS/c28-21-7-6-19(10-20(21)27(29,30)31)36-26(37)35-18-5-1-3-15(9-18)24-17(12-32)14-34-22-11-23(38-25(22)24)16-4-2-8-33-13-16/h1-11,13-14H,(H2,35,36,37). The molecule has 11 heteroatoms. The molecule has 2 N–H and O–H groups in total. The van der Waals surface area contributed by atoms with Crippen molar-refractivity contribution >= 4 is 50.6 Å². The zero-order chi connectivity index (χ0) is 26.9. The zero-order valence-corrected chi connectivity index (χ0v) is 20.7. The van der Waals surface area contributed by atoms with Crippen molar-refractivity contribution in [3.05, 3.63) is 95.4 Å². The largest absolute Gasteiger partial charge is 0.417 e. The molecule has 0 spiro atoms. The summed E-state index contributed by atoms with van der Waals surface area (Å²) < 4.78 is 40.2. The summed E-state index contributed by atoms with van der Waals surface area (Å²) in [5.41, 5.74) is 2.57. The van der Waals surface area contributed by atoms with Crippen molar-refractivity contribution in [2.24, 2.45) is 0 Å². The first-order chi connectivity index (χ1) is 18.2. The molecule has 0 fully saturated rings. The third kappa shape index (κ3) is 5.16. The summed E-state index contributed by atoms with van der Waals surface area (Å²) in [4.78, 5) is 22.1.